The first-order valence-corrected chi connectivity index (χ1v) is 8.39. The van der Waals surface area contributed by atoms with Crippen LogP contribution in [0, 0.1) is 0 Å². The molecule has 0 bridgehead atoms. The first kappa shape index (κ1) is 17.2. The lowest BCUT2D eigenvalue weighted by Gasteiger charge is -2.23. The van der Waals surface area contributed by atoms with E-state index >= 15 is 0 Å². The van der Waals surface area contributed by atoms with Crippen LogP contribution in [0.5, 0.6) is 0 Å². The lowest BCUT2D eigenvalue weighted by Crippen LogP contribution is -2.30. The van der Waals surface area contributed by atoms with Crippen molar-refractivity contribution in [1.82, 2.24) is 4.90 Å². The van der Waals surface area contributed by atoms with Crippen LogP contribution in [0.1, 0.15) is 41.9 Å². The van der Waals surface area contributed by atoms with Gasteiger partial charge in [-0.05, 0) is 50.1 Å². The summed E-state index contributed by atoms with van der Waals surface area (Å²) in [4.78, 5) is 26.5. The van der Waals surface area contributed by atoms with Crippen molar-refractivity contribution in [3.8, 4) is 0 Å². The van der Waals surface area contributed by atoms with E-state index in [-0.39, 0.29) is 17.9 Å². The maximum Gasteiger partial charge on any atom is 0.254 e. The van der Waals surface area contributed by atoms with E-state index in [0.29, 0.717) is 17.9 Å². The summed E-state index contributed by atoms with van der Waals surface area (Å²) in [7, 11) is 1.73. The minimum Gasteiger partial charge on any atom is -0.467 e. The molecule has 2 heterocycles. The fraction of sp³-hybridized carbons (Fsp3) is 0.368. The summed E-state index contributed by atoms with van der Waals surface area (Å²) < 4.78 is 10.7. The van der Waals surface area contributed by atoms with Crippen LogP contribution in [0.3, 0.4) is 0 Å². The average molecular weight is 342 g/mol. The van der Waals surface area contributed by atoms with Crippen molar-refractivity contribution in [3.05, 3.63) is 54.0 Å². The van der Waals surface area contributed by atoms with Crippen LogP contribution in [0.25, 0.3) is 0 Å². The van der Waals surface area contributed by atoms with Crippen LogP contribution < -0.4 is 5.32 Å². The van der Waals surface area contributed by atoms with Crippen molar-refractivity contribution < 1.29 is 18.7 Å². The van der Waals surface area contributed by atoms with Crippen molar-refractivity contribution in [1.29, 1.82) is 0 Å². The Bertz CT molecular complexity index is 736. The summed E-state index contributed by atoms with van der Waals surface area (Å²) in [6, 6.07) is 10.4. The number of furan rings is 1. The number of nitrogens with one attached hydrogen (secondary N) is 1. The zero-order valence-corrected chi connectivity index (χ0v) is 14.4. The van der Waals surface area contributed by atoms with Crippen molar-refractivity contribution >= 4 is 17.5 Å². The molecular formula is C19H22N2O4. The molecule has 1 aromatic heterocycles. The summed E-state index contributed by atoms with van der Waals surface area (Å²) in [5.74, 6) is 0.412. The molecule has 2 aromatic rings. The molecular weight excluding hydrogens is 320 g/mol. The van der Waals surface area contributed by atoms with Gasteiger partial charge in [0.15, 0.2) is 0 Å². The molecule has 132 valence electrons. The Labute approximate surface area is 146 Å². The van der Waals surface area contributed by atoms with E-state index in [1.807, 2.05) is 13.0 Å². The number of benzene rings is 1. The molecule has 2 amide bonds. The maximum atomic E-state index is 12.7. The number of nitrogens with zero attached hydrogens (tertiary/aromatic N) is 1. The molecule has 0 aliphatic carbocycles. The Morgan fingerprint density at radius 2 is 2.12 bits per heavy atom. The summed E-state index contributed by atoms with van der Waals surface area (Å²) in [6.45, 7) is 2.52. The number of hydrogen-bond donors (Lipinski definition) is 1. The normalized spacial score (nSPS) is 17.9. The van der Waals surface area contributed by atoms with Gasteiger partial charge in [0.1, 0.15) is 11.9 Å². The molecule has 1 N–H and O–H groups in total. The number of ether oxygens (including phenoxy) is 1. The Balaban J connectivity index is 1.69. The van der Waals surface area contributed by atoms with Crippen LogP contribution in [-0.2, 0) is 9.53 Å². The van der Waals surface area contributed by atoms with Gasteiger partial charge in [-0.2, -0.15) is 0 Å². The number of amides is 2. The lowest BCUT2D eigenvalue weighted by atomic mass is 10.1. The number of carbonyl (C=O) groups is 2. The van der Waals surface area contributed by atoms with Gasteiger partial charge in [0.2, 0.25) is 0 Å². The van der Waals surface area contributed by atoms with Gasteiger partial charge < -0.3 is 19.4 Å². The quantitative estimate of drug-likeness (QED) is 0.905. The maximum absolute atomic E-state index is 12.7. The van der Waals surface area contributed by atoms with E-state index in [4.69, 9.17) is 9.15 Å². The summed E-state index contributed by atoms with van der Waals surface area (Å²) in [5, 5.41) is 2.82. The highest BCUT2D eigenvalue weighted by Crippen LogP contribution is 2.22. The highest BCUT2D eigenvalue weighted by molar-refractivity contribution is 5.98. The minimum atomic E-state index is -0.402. The van der Waals surface area contributed by atoms with E-state index in [1.54, 1.807) is 48.5 Å². The predicted octanol–water partition coefficient (Wildman–Crippen LogP) is 3.23. The second-order valence-electron chi connectivity index (χ2n) is 6.18. The Kier molecular flexibility index (Phi) is 5.19. The van der Waals surface area contributed by atoms with Crippen LogP contribution in [0.2, 0.25) is 0 Å². The monoisotopic (exact) mass is 342 g/mol. The SMILES string of the molecule is CC(c1ccco1)N(C)C(=O)c1cccc(NC(=O)C2CCCO2)c1. The van der Waals surface area contributed by atoms with Crippen molar-refractivity contribution in [2.24, 2.45) is 0 Å². The molecule has 6 heteroatoms. The van der Waals surface area contributed by atoms with Gasteiger partial charge in [0, 0.05) is 24.9 Å². The molecule has 1 saturated heterocycles. The smallest absolute Gasteiger partial charge is 0.254 e. The standard InChI is InChI=1S/C19H22N2O4/c1-13(16-8-4-10-24-16)21(2)19(23)14-6-3-7-15(12-14)20-18(22)17-9-5-11-25-17/h3-4,6-8,10,12-13,17H,5,9,11H2,1-2H3,(H,20,22). The molecule has 0 saturated carbocycles. The van der Waals surface area contributed by atoms with Gasteiger partial charge >= 0.3 is 0 Å². The molecule has 6 nitrogen and oxygen atoms in total. The van der Waals surface area contributed by atoms with Gasteiger partial charge in [0.05, 0.1) is 12.3 Å². The van der Waals surface area contributed by atoms with Crippen molar-refractivity contribution in [2.45, 2.75) is 31.9 Å². The third-order valence-corrected chi connectivity index (χ3v) is 4.46. The highest BCUT2D eigenvalue weighted by Gasteiger charge is 2.24. The Morgan fingerprint density at radius 1 is 1.28 bits per heavy atom. The number of anilines is 1. The van der Waals surface area contributed by atoms with Gasteiger partial charge in [0.25, 0.3) is 11.8 Å². The van der Waals surface area contributed by atoms with Gasteiger partial charge in [-0.1, -0.05) is 6.07 Å². The average Bonchev–Trinajstić information content (AvgIpc) is 3.33. The first-order chi connectivity index (χ1) is 12.1. The fourth-order valence-corrected chi connectivity index (χ4v) is 2.84. The molecule has 3 rings (SSSR count). The predicted molar refractivity (Wildman–Crippen MR) is 93.3 cm³/mol. The Morgan fingerprint density at radius 3 is 2.80 bits per heavy atom. The molecule has 1 fully saturated rings. The third kappa shape index (κ3) is 3.91. The molecule has 1 aliphatic rings. The van der Waals surface area contributed by atoms with Crippen LogP contribution in [0.15, 0.2) is 47.1 Å². The summed E-state index contributed by atoms with van der Waals surface area (Å²) >= 11 is 0. The Hall–Kier alpha value is -2.60. The summed E-state index contributed by atoms with van der Waals surface area (Å²) in [5.41, 5.74) is 1.09. The van der Waals surface area contributed by atoms with Crippen LogP contribution in [0.4, 0.5) is 5.69 Å². The number of carbonyl (C=O) groups excluding carboxylic acids is 2. The van der Waals surface area contributed by atoms with E-state index in [9.17, 15) is 9.59 Å². The highest BCUT2D eigenvalue weighted by atomic mass is 16.5. The third-order valence-electron chi connectivity index (χ3n) is 4.46. The van der Waals surface area contributed by atoms with Gasteiger partial charge in [-0.25, -0.2) is 0 Å². The molecule has 2 unspecified atom stereocenters. The second kappa shape index (κ2) is 7.53. The van der Waals surface area contributed by atoms with E-state index < -0.39 is 6.10 Å². The topological polar surface area (TPSA) is 71.8 Å². The van der Waals surface area contributed by atoms with Crippen LogP contribution >= 0.6 is 0 Å². The molecule has 2 atom stereocenters. The first-order valence-electron chi connectivity index (χ1n) is 8.39. The molecule has 0 spiro atoms. The number of rotatable bonds is 5. The van der Waals surface area contributed by atoms with Crippen molar-refractivity contribution in [3.63, 3.8) is 0 Å². The fourth-order valence-electron chi connectivity index (χ4n) is 2.84. The molecule has 25 heavy (non-hydrogen) atoms. The number of hydrogen-bond acceptors (Lipinski definition) is 4. The minimum absolute atomic E-state index is 0.142. The van der Waals surface area contributed by atoms with E-state index in [2.05, 4.69) is 5.32 Å². The van der Waals surface area contributed by atoms with Gasteiger partial charge in [-0.3, -0.25) is 9.59 Å². The summed E-state index contributed by atoms with van der Waals surface area (Å²) in [6.07, 6.45) is 2.81. The second-order valence-corrected chi connectivity index (χ2v) is 6.18. The zero-order valence-electron chi connectivity index (χ0n) is 14.4. The van der Waals surface area contributed by atoms with Gasteiger partial charge in [-0.15, -0.1) is 0 Å². The molecule has 0 radical (unpaired) electrons. The van der Waals surface area contributed by atoms with E-state index in [0.717, 1.165) is 18.6 Å². The van der Waals surface area contributed by atoms with Crippen LogP contribution in [-0.4, -0.2) is 36.5 Å². The largest absolute Gasteiger partial charge is 0.467 e. The molecule has 1 aliphatic heterocycles. The zero-order chi connectivity index (χ0) is 17.8. The molecule has 1 aromatic carbocycles. The van der Waals surface area contributed by atoms with E-state index in [1.165, 1.54) is 0 Å². The lowest BCUT2D eigenvalue weighted by molar-refractivity contribution is -0.124. The van der Waals surface area contributed by atoms with Crippen molar-refractivity contribution in [2.75, 3.05) is 19.0 Å².